The molecule has 1 aromatic rings. The molecule has 2 N–H and O–H groups in total. The minimum atomic E-state index is -0.400. The molecule has 0 aliphatic carbocycles. The first-order valence-corrected chi connectivity index (χ1v) is 8.61. The van der Waals surface area contributed by atoms with E-state index in [-0.39, 0.29) is 11.6 Å². The average Bonchev–Trinajstić information content (AvgIpc) is 2.84. The maximum atomic E-state index is 12.5. The summed E-state index contributed by atoms with van der Waals surface area (Å²) in [5.74, 6) is -0.698. The summed E-state index contributed by atoms with van der Waals surface area (Å²) in [4.78, 5) is 25.9. The van der Waals surface area contributed by atoms with E-state index < -0.39 is 5.91 Å². The quantitative estimate of drug-likeness (QED) is 0.652. The SMILES string of the molecule is CC(=O)N/C(=C/c1ccccc1)C(=O)NC(=S)N1CCCCCC1. The van der Waals surface area contributed by atoms with Crippen LogP contribution in [0.3, 0.4) is 0 Å². The monoisotopic (exact) mass is 345 g/mol. The zero-order valence-corrected chi connectivity index (χ0v) is 14.7. The highest BCUT2D eigenvalue weighted by Crippen LogP contribution is 2.10. The molecule has 1 saturated heterocycles. The third-order valence-corrected chi connectivity index (χ3v) is 4.14. The van der Waals surface area contributed by atoms with Crippen LogP contribution in [0.2, 0.25) is 0 Å². The lowest BCUT2D eigenvalue weighted by atomic mass is 10.2. The minimum absolute atomic E-state index is 0.186. The molecule has 0 aromatic heterocycles. The Morgan fingerprint density at radius 2 is 1.67 bits per heavy atom. The Balaban J connectivity index is 2.08. The van der Waals surface area contributed by atoms with Gasteiger partial charge in [-0.25, -0.2) is 0 Å². The number of nitrogens with one attached hydrogen (secondary N) is 2. The number of benzene rings is 1. The first-order valence-electron chi connectivity index (χ1n) is 8.21. The fourth-order valence-electron chi connectivity index (χ4n) is 2.58. The van der Waals surface area contributed by atoms with Crippen molar-refractivity contribution in [2.24, 2.45) is 0 Å². The van der Waals surface area contributed by atoms with Crippen LogP contribution < -0.4 is 10.6 Å². The van der Waals surface area contributed by atoms with Crippen LogP contribution >= 0.6 is 12.2 Å². The predicted molar refractivity (Wildman–Crippen MR) is 99.0 cm³/mol. The Hall–Kier alpha value is -2.21. The molecule has 1 heterocycles. The predicted octanol–water partition coefficient (Wildman–Crippen LogP) is 2.44. The van der Waals surface area contributed by atoms with Crippen LogP contribution in [0.4, 0.5) is 0 Å². The summed E-state index contributed by atoms with van der Waals surface area (Å²) in [6, 6.07) is 9.36. The van der Waals surface area contributed by atoms with E-state index in [1.165, 1.54) is 19.8 Å². The van der Waals surface area contributed by atoms with Crippen molar-refractivity contribution in [3.05, 3.63) is 41.6 Å². The Bertz CT molecular complexity index is 620. The van der Waals surface area contributed by atoms with Gasteiger partial charge in [-0.15, -0.1) is 0 Å². The number of carbonyl (C=O) groups is 2. The Labute approximate surface area is 148 Å². The van der Waals surface area contributed by atoms with E-state index in [2.05, 4.69) is 10.6 Å². The van der Waals surface area contributed by atoms with E-state index in [4.69, 9.17) is 12.2 Å². The van der Waals surface area contributed by atoms with Crippen molar-refractivity contribution in [2.45, 2.75) is 32.6 Å². The average molecular weight is 345 g/mol. The van der Waals surface area contributed by atoms with Gasteiger partial charge in [-0.2, -0.15) is 0 Å². The van der Waals surface area contributed by atoms with Crippen LogP contribution in [0.15, 0.2) is 36.0 Å². The van der Waals surface area contributed by atoms with Crippen LogP contribution in [-0.2, 0) is 9.59 Å². The van der Waals surface area contributed by atoms with Gasteiger partial charge in [0.15, 0.2) is 5.11 Å². The topological polar surface area (TPSA) is 61.4 Å². The van der Waals surface area contributed by atoms with Gasteiger partial charge in [-0.05, 0) is 36.7 Å². The molecule has 0 bridgehead atoms. The molecule has 2 amide bonds. The number of thiocarbonyl (C=S) groups is 1. The highest BCUT2D eigenvalue weighted by molar-refractivity contribution is 7.80. The zero-order chi connectivity index (χ0) is 17.4. The number of carbonyl (C=O) groups excluding carboxylic acids is 2. The summed E-state index contributed by atoms with van der Waals surface area (Å²) in [5.41, 5.74) is 1.02. The van der Waals surface area contributed by atoms with E-state index in [1.54, 1.807) is 6.08 Å². The van der Waals surface area contributed by atoms with Gasteiger partial charge in [-0.3, -0.25) is 14.9 Å². The summed E-state index contributed by atoms with van der Waals surface area (Å²) >= 11 is 5.36. The van der Waals surface area contributed by atoms with Crippen LogP contribution in [0.5, 0.6) is 0 Å². The first-order chi connectivity index (χ1) is 11.6. The third kappa shape index (κ3) is 5.77. The van der Waals surface area contributed by atoms with E-state index >= 15 is 0 Å². The van der Waals surface area contributed by atoms with Crippen molar-refractivity contribution in [3.63, 3.8) is 0 Å². The van der Waals surface area contributed by atoms with E-state index in [0.717, 1.165) is 31.5 Å². The molecule has 5 nitrogen and oxygen atoms in total. The number of hydrogen-bond acceptors (Lipinski definition) is 3. The summed E-state index contributed by atoms with van der Waals surface area (Å²) in [6.07, 6.45) is 6.18. The fraction of sp³-hybridized carbons (Fsp3) is 0.389. The normalized spacial score (nSPS) is 15.4. The van der Waals surface area contributed by atoms with Gasteiger partial charge in [0.05, 0.1) is 0 Å². The second kappa shape index (κ2) is 9.17. The van der Waals surface area contributed by atoms with Crippen molar-refractivity contribution in [1.82, 2.24) is 15.5 Å². The van der Waals surface area contributed by atoms with Gasteiger partial charge in [0, 0.05) is 20.0 Å². The molecule has 6 heteroatoms. The summed E-state index contributed by atoms with van der Waals surface area (Å²) in [6.45, 7) is 3.09. The molecule has 1 fully saturated rings. The van der Waals surface area contributed by atoms with Crippen molar-refractivity contribution in [3.8, 4) is 0 Å². The molecule has 0 radical (unpaired) electrons. The number of hydrogen-bond donors (Lipinski definition) is 2. The first kappa shape index (κ1) is 18.1. The van der Waals surface area contributed by atoms with Crippen molar-refractivity contribution in [2.75, 3.05) is 13.1 Å². The highest BCUT2D eigenvalue weighted by Gasteiger charge is 2.17. The van der Waals surface area contributed by atoms with Crippen LogP contribution in [0, 0.1) is 0 Å². The zero-order valence-electron chi connectivity index (χ0n) is 13.9. The summed E-state index contributed by atoms with van der Waals surface area (Å²) < 4.78 is 0. The lowest BCUT2D eigenvalue weighted by Gasteiger charge is -2.23. The van der Waals surface area contributed by atoms with Crippen molar-refractivity contribution < 1.29 is 9.59 Å². The Morgan fingerprint density at radius 1 is 1.04 bits per heavy atom. The largest absolute Gasteiger partial charge is 0.349 e. The van der Waals surface area contributed by atoms with Gasteiger partial charge in [0.25, 0.3) is 5.91 Å². The van der Waals surface area contributed by atoms with Gasteiger partial charge in [-0.1, -0.05) is 43.2 Å². The molecule has 2 rings (SSSR count). The molecule has 1 aliphatic rings. The van der Waals surface area contributed by atoms with Gasteiger partial charge in [0.2, 0.25) is 5.91 Å². The molecular formula is C18H23N3O2S. The van der Waals surface area contributed by atoms with E-state index in [1.807, 2.05) is 35.2 Å². The molecule has 0 unspecified atom stereocenters. The number of rotatable bonds is 3. The molecule has 24 heavy (non-hydrogen) atoms. The van der Waals surface area contributed by atoms with Gasteiger partial charge < -0.3 is 10.2 Å². The molecule has 128 valence electrons. The molecule has 0 spiro atoms. The number of amides is 2. The Morgan fingerprint density at radius 3 is 2.25 bits per heavy atom. The molecule has 1 aliphatic heterocycles. The fourth-order valence-corrected chi connectivity index (χ4v) is 2.86. The van der Waals surface area contributed by atoms with Gasteiger partial charge >= 0.3 is 0 Å². The minimum Gasteiger partial charge on any atom is -0.349 e. The number of nitrogens with zero attached hydrogens (tertiary/aromatic N) is 1. The molecule has 0 atom stereocenters. The lowest BCUT2D eigenvalue weighted by molar-refractivity contribution is -0.121. The highest BCUT2D eigenvalue weighted by atomic mass is 32.1. The molecule has 0 saturated carbocycles. The molecule has 1 aromatic carbocycles. The maximum Gasteiger partial charge on any atom is 0.273 e. The third-order valence-electron chi connectivity index (χ3n) is 3.78. The van der Waals surface area contributed by atoms with Crippen LogP contribution in [-0.4, -0.2) is 34.9 Å². The summed E-state index contributed by atoms with van der Waals surface area (Å²) in [5, 5.41) is 5.74. The maximum absolute atomic E-state index is 12.5. The Kier molecular flexibility index (Phi) is 6.93. The van der Waals surface area contributed by atoms with Crippen LogP contribution in [0.1, 0.15) is 38.2 Å². The second-order valence-electron chi connectivity index (χ2n) is 5.81. The van der Waals surface area contributed by atoms with Crippen molar-refractivity contribution >= 4 is 35.2 Å². The van der Waals surface area contributed by atoms with E-state index in [0.29, 0.717) is 5.11 Å². The van der Waals surface area contributed by atoms with Gasteiger partial charge in [0.1, 0.15) is 5.70 Å². The lowest BCUT2D eigenvalue weighted by Crippen LogP contribution is -2.45. The second-order valence-corrected chi connectivity index (χ2v) is 6.20. The standard InChI is InChI=1S/C18H23N3O2S/c1-14(22)19-16(13-15-9-5-4-6-10-15)17(23)20-18(24)21-11-7-2-3-8-12-21/h4-6,9-10,13H,2-3,7-8,11-12H2,1H3,(H,19,22)(H,20,23,24)/b16-13+. The van der Waals surface area contributed by atoms with Crippen LogP contribution in [0.25, 0.3) is 6.08 Å². The van der Waals surface area contributed by atoms with E-state index in [9.17, 15) is 9.59 Å². The van der Waals surface area contributed by atoms with Crippen molar-refractivity contribution in [1.29, 1.82) is 0 Å². The molecular weight excluding hydrogens is 322 g/mol. The smallest absolute Gasteiger partial charge is 0.273 e. The summed E-state index contributed by atoms with van der Waals surface area (Å²) in [7, 11) is 0. The number of likely N-dealkylation sites (tertiary alicyclic amines) is 1.